The van der Waals surface area contributed by atoms with E-state index in [2.05, 4.69) is 84.3 Å². The Balaban J connectivity index is 1.99. The lowest BCUT2D eigenvalue weighted by Gasteiger charge is -2.12. The molecule has 1 aliphatic carbocycles. The first-order valence-corrected chi connectivity index (χ1v) is 7.90. The summed E-state index contributed by atoms with van der Waals surface area (Å²) in [6.07, 6.45) is 9.31. The van der Waals surface area contributed by atoms with E-state index < -0.39 is 0 Å². The van der Waals surface area contributed by atoms with Crippen LogP contribution in [0.1, 0.15) is 17.0 Å². The first-order valence-electron chi connectivity index (χ1n) is 7.90. The molecule has 4 rings (SSSR count). The summed E-state index contributed by atoms with van der Waals surface area (Å²) in [5.41, 5.74) is 5.84. The summed E-state index contributed by atoms with van der Waals surface area (Å²) in [4.78, 5) is 4.93. The fourth-order valence-corrected chi connectivity index (χ4v) is 3.04. The minimum Gasteiger partial charge on any atom is -0.296 e. The lowest BCUT2D eigenvalue weighted by molar-refractivity contribution is 0.975. The first kappa shape index (κ1) is 13.8. The van der Waals surface area contributed by atoms with Crippen molar-refractivity contribution in [3.63, 3.8) is 0 Å². The van der Waals surface area contributed by atoms with Crippen LogP contribution in [0.2, 0.25) is 0 Å². The van der Waals surface area contributed by atoms with Crippen LogP contribution in [0.4, 0.5) is 0 Å². The highest BCUT2D eigenvalue weighted by atomic mass is 15.1. The van der Waals surface area contributed by atoms with Gasteiger partial charge in [0.2, 0.25) is 0 Å². The largest absolute Gasteiger partial charge is 0.296 e. The quantitative estimate of drug-likeness (QED) is 0.653. The predicted molar refractivity (Wildman–Crippen MR) is 95.6 cm³/mol. The molecule has 0 aliphatic heterocycles. The smallest absolute Gasteiger partial charge is 0.145 e. The van der Waals surface area contributed by atoms with Crippen molar-refractivity contribution in [2.45, 2.75) is 13.3 Å². The average Bonchev–Trinajstić information content (AvgIpc) is 2.79. The molecule has 2 nitrogen and oxygen atoms in total. The molecule has 3 aromatic rings. The molecule has 0 amide bonds. The van der Waals surface area contributed by atoms with Gasteiger partial charge in [0.05, 0.1) is 11.4 Å². The maximum Gasteiger partial charge on any atom is 0.145 e. The van der Waals surface area contributed by atoms with Crippen molar-refractivity contribution in [1.29, 1.82) is 0 Å². The average molecular weight is 298 g/mol. The number of hydrogen-bond donors (Lipinski definition) is 0. The molecule has 0 saturated carbocycles. The van der Waals surface area contributed by atoms with Crippen LogP contribution < -0.4 is 0 Å². The Hall–Kier alpha value is -2.87. The number of aromatic nitrogens is 2. The number of aryl methyl sites for hydroxylation is 1. The van der Waals surface area contributed by atoms with Gasteiger partial charge >= 0.3 is 0 Å². The molecular formula is C21H18N2. The van der Waals surface area contributed by atoms with Crippen LogP contribution >= 0.6 is 0 Å². The van der Waals surface area contributed by atoms with E-state index in [-0.39, 0.29) is 0 Å². The highest BCUT2D eigenvalue weighted by Gasteiger charge is 2.18. The number of rotatable bonds is 2. The molecule has 112 valence electrons. The van der Waals surface area contributed by atoms with E-state index in [1.165, 1.54) is 11.3 Å². The Kier molecular flexibility index (Phi) is 3.43. The van der Waals surface area contributed by atoms with Crippen molar-refractivity contribution >= 4 is 6.08 Å². The third-order valence-corrected chi connectivity index (χ3v) is 4.11. The zero-order valence-electron chi connectivity index (χ0n) is 13.1. The number of fused-ring (bicyclic) bond motifs is 1. The Morgan fingerprint density at radius 1 is 0.957 bits per heavy atom. The number of nitrogens with zero attached hydrogens (tertiary/aromatic N) is 2. The van der Waals surface area contributed by atoms with E-state index in [0.717, 1.165) is 29.2 Å². The van der Waals surface area contributed by atoms with E-state index in [1.54, 1.807) is 0 Å². The van der Waals surface area contributed by atoms with Crippen LogP contribution in [0.3, 0.4) is 0 Å². The molecule has 0 N–H and O–H groups in total. The van der Waals surface area contributed by atoms with Crippen LogP contribution in [0.15, 0.2) is 72.8 Å². The Labute approximate surface area is 136 Å². The molecule has 0 radical (unpaired) electrons. The molecule has 2 aromatic carbocycles. The maximum absolute atomic E-state index is 4.93. The minimum absolute atomic E-state index is 0.885. The second-order valence-corrected chi connectivity index (χ2v) is 5.80. The summed E-state index contributed by atoms with van der Waals surface area (Å²) in [5, 5.41) is 0. The van der Waals surface area contributed by atoms with E-state index >= 15 is 0 Å². The topological polar surface area (TPSA) is 17.8 Å². The van der Waals surface area contributed by atoms with Crippen LogP contribution in [0, 0.1) is 6.92 Å². The van der Waals surface area contributed by atoms with Crippen molar-refractivity contribution in [1.82, 2.24) is 9.55 Å². The highest BCUT2D eigenvalue weighted by Crippen LogP contribution is 2.29. The van der Waals surface area contributed by atoms with Gasteiger partial charge < -0.3 is 0 Å². The van der Waals surface area contributed by atoms with Gasteiger partial charge in [0.15, 0.2) is 0 Å². The first-order chi connectivity index (χ1) is 11.3. The Morgan fingerprint density at radius 2 is 1.83 bits per heavy atom. The van der Waals surface area contributed by atoms with Crippen LogP contribution in [0.5, 0.6) is 0 Å². The van der Waals surface area contributed by atoms with Crippen molar-refractivity contribution in [2.24, 2.45) is 0 Å². The third kappa shape index (κ3) is 2.53. The zero-order chi connectivity index (χ0) is 15.6. The van der Waals surface area contributed by atoms with E-state index in [9.17, 15) is 0 Å². The molecule has 1 heterocycles. The number of benzene rings is 2. The summed E-state index contributed by atoms with van der Waals surface area (Å²) in [5.74, 6) is 1.00. The second kappa shape index (κ2) is 5.73. The van der Waals surface area contributed by atoms with Crippen molar-refractivity contribution in [3.8, 4) is 17.1 Å². The molecule has 2 heteroatoms. The van der Waals surface area contributed by atoms with Gasteiger partial charge in [-0.3, -0.25) is 4.57 Å². The van der Waals surface area contributed by atoms with E-state index in [0.29, 0.717) is 0 Å². The van der Waals surface area contributed by atoms with Gasteiger partial charge in [-0.25, -0.2) is 4.98 Å². The number of allylic oxidation sites excluding steroid dienone is 3. The molecule has 0 saturated heterocycles. The highest BCUT2D eigenvalue weighted by molar-refractivity contribution is 5.66. The maximum atomic E-state index is 4.93. The van der Waals surface area contributed by atoms with Gasteiger partial charge in [-0.1, -0.05) is 60.2 Å². The summed E-state index contributed by atoms with van der Waals surface area (Å²) in [6.45, 7) is 2.12. The van der Waals surface area contributed by atoms with Gasteiger partial charge in [-0.2, -0.15) is 0 Å². The van der Waals surface area contributed by atoms with Crippen molar-refractivity contribution in [3.05, 3.63) is 89.8 Å². The molecule has 23 heavy (non-hydrogen) atoms. The molecular weight excluding hydrogens is 280 g/mol. The molecule has 0 atom stereocenters. The SMILES string of the molecule is Cc1cccc(-c2nc3c(n2-c2ccccc2)CC=CC=C3)c1. The molecule has 0 bridgehead atoms. The summed E-state index contributed by atoms with van der Waals surface area (Å²) < 4.78 is 2.28. The van der Waals surface area contributed by atoms with Gasteiger partial charge in [0.25, 0.3) is 0 Å². The molecule has 0 unspecified atom stereocenters. The van der Waals surface area contributed by atoms with Crippen molar-refractivity contribution in [2.75, 3.05) is 0 Å². The Bertz CT molecular complexity index is 899. The number of hydrogen-bond acceptors (Lipinski definition) is 1. The summed E-state index contributed by atoms with van der Waals surface area (Å²) in [6, 6.07) is 19.0. The lowest BCUT2D eigenvalue weighted by Crippen LogP contribution is -2.02. The second-order valence-electron chi connectivity index (χ2n) is 5.80. The Morgan fingerprint density at radius 3 is 2.65 bits per heavy atom. The minimum atomic E-state index is 0.885. The monoisotopic (exact) mass is 298 g/mol. The molecule has 1 aliphatic rings. The summed E-state index contributed by atoms with van der Waals surface area (Å²) >= 11 is 0. The van der Waals surface area contributed by atoms with Gasteiger partial charge in [-0.15, -0.1) is 0 Å². The fraction of sp³-hybridized carbons (Fsp3) is 0.0952. The van der Waals surface area contributed by atoms with Crippen LogP contribution in [-0.4, -0.2) is 9.55 Å². The lowest BCUT2D eigenvalue weighted by atomic mass is 10.1. The van der Waals surface area contributed by atoms with Crippen LogP contribution in [-0.2, 0) is 6.42 Å². The van der Waals surface area contributed by atoms with E-state index in [1.807, 2.05) is 6.07 Å². The fourth-order valence-electron chi connectivity index (χ4n) is 3.04. The predicted octanol–water partition coefficient (Wildman–Crippen LogP) is 4.97. The van der Waals surface area contributed by atoms with Gasteiger partial charge in [0.1, 0.15) is 5.82 Å². The normalized spacial score (nSPS) is 12.9. The summed E-state index contributed by atoms with van der Waals surface area (Å²) in [7, 11) is 0. The van der Waals surface area contributed by atoms with Gasteiger partial charge in [-0.05, 0) is 31.2 Å². The zero-order valence-corrected chi connectivity index (χ0v) is 13.1. The third-order valence-electron chi connectivity index (χ3n) is 4.11. The van der Waals surface area contributed by atoms with E-state index in [4.69, 9.17) is 4.98 Å². The van der Waals surface area contributed by atoms with Crippen LogP contribution in [0.25, 0.3) is 23.2 Å². The number of para-hydroxylation sites is 1. The molecule has 0 spiro atoms. The van der Waals surface area contributed by atoms with Crippen molar-refractivity contribution < 1.29 is 0 Å². The molecule has 1 aromatic heterocycles. The standard InChI is InChI=1S/C21H18N2/c1-16-9-8-10-17(15-16)21-22-19-13-6-3-7-14-20(19)23(21)18-11-4-2-5-12-18/h2-13,15H,14H2,1H3. The van der Waals surface area contributed by atoms with Gasteiger partial charge in [0, 0.05) is 17.7 Å². The number of imidazole rings is 1. The molecule has 0 fully saturated rings.